The van der Waals surface area contributed by atoms with E-state index in [1.54, 1.807) is 6.20 Å². The minimum absolute atomic E-state index is 0.237. The maximum absolute atomic E-state index is 5.63. The maximum atomic E-state index is 5.63. The van der Waals surface area contributed by atoms with Crippen molar-refractivity contribution in [2.75, 3.05) is 6.61 Å². The van der Waals surface area contributed by atoms with Crippen molar-refractivity contribution in [3.05, 3.63) is 54.2 Å². The van der Waals surface area contributed by atoms with Crippen molar-refractivity contribution in [2.24, 2.45) is 0 Å². The zero-order valence-corrected chi connectivity index (χ0v) is 8.67. The SMILES string of the molecule is c1ccc(Oc2cc(C3CO3)ccn2)cc1. The number of ether oxygens (including phenoxy) is 2. The molecule has 1 aromatic carbocycles. The smallest absolute Gasteiger partial charge is 0.219 e. The second-order valence-electron chi connectivity index (χ2n) is 3.66. The lowest BCUT2D eigenvalue weighted by atomic mass is 10.2. The van der Waals surface area contributed by atoms with Gasteiger partial charge in [-0.15, -0.1) is 0 Å². The molecule has 16 heavy (non-hydrogen) atoms. The molecule has 0 N–H and O–H groups in total. The van der Waals surface area contributed by atoms with E-state index in [4.69, 9.17) is 9.47 Å². The highest BCUT2D eigenvalue weighted by atomic mass is 16.6. The van der Waals surface area contributed by atoms with Gasteiger partial charge in [0.1, 0.15) is 11.9 Å². The van der Waals surface area contributed by atoms with Gasteiger partial charge in [-0.2, -0.15) is 0 Å². The molecular weight excluding hydrogens is 202 g/mol. The second-order valence-corrected chi connectivity index (χ2v) is 3.66. The standard InChI is InChI=1S/C13H11NO2/c1-2-4-11(5-3-1)16-13-8-10(6-7-14-13)12-9-15-12/h1-8,12H,9H2. The highest BCUT2D eigenvalue weighted by Gasteiger charge is 2.25. The minimum atomic E-state index is 0.237. The number of epoxide rings is 1. The van der Waals surface area contributed by atoms with E-state index in [9.17, 15) is 0 Å². The van der Waals surface area contributed by atoms with Crippen molar-refractivity contribution in [1.29, 1.82) is 0 Å². The zero-order valence-electron chi connectivity index (χ0n) is 8.67. The summed E-state index contributed by atoms with van der Waals surface area (Å²) < 4.78 is 10.8. The van der Waals surface area contributed by atoms with Gasteiger partial charge in [-0.1, -0.05) is 18.2 Å². The van der Waals surface area contributed by atoms with E-state index in [1.165, 1.54) is 0 Å². The summed E-state index contributed by atoms with van der Waals surface area (Å²) in [7, 11) is 0. The number of nitrogens with zero attached hydrogens (tertiary/aromatic N) is 1. The highest BCUT2D eigenvalue weighted by molar-refractivity contribution is 5.30. The fourth-order valence-corrected chi connectivity index (χ4v) is 1.53. The van der Waals surface area contributed by atoms with Crippen LogP contribution in [0.5, 0.6) is 11.6 Å². The molecule has 0 bridgehead atoms. The normalized spacial score (nSPS) is 18.1. The molecule has 2 heterocycles. The number of aromatic nitrogens is 1. The molecule has 1 unspecified atom stereocenters. The Morgan fingerprint density at radius 2 is 2.00 bits per heavy atom. The van der Waals surface area contributed by atoms with E-state index in [0.717, 1.165) is 17.9 Å². The molecule has 2 aromatic rings. The van der Waals surface area contributed by atoms with E-state index >= 15 is 0 Å². The molecule has 1 aromatic heterocycles. The number of para-hydroxylation sites is 1. The lowest BCUT2D eigenvalue weighted by molar-refractivity contribution is 0.413. The summed E-state index contributed by atoms with van der Waals surface area (Å²) in [5, 5.41) is 0. The van der Waals surface area contributed by atoms with Crippen LogP contribution in [0.4, 0.5) is 0 Å². The van der Waals surface area contributed by atoms with Crippen molar-refractivity contribution in [3.8, 4) is 11.6 Å². The van der Waals surface area contributed by atoms with Crippen molar-refractivity contribution in [3.63, 3.8) is 0 Å². The van der Waals surface area contributed by atoms with E-state index < -0.39 is 0 Å². The molecule has 3 rings (SSSR count). The Balaban J connectivity index is 1.81. The number of pyridine rings is 1. The Morgan fingerprint density at radius 1 is 1.19 bits per heavy atom. The Labute approximate surface area is 93.7 Å². The van der Waals surface area contributed by atoms with Gasteiger partial charge in [-0.3, -0.25) is 0 Å². The number of rotatable bonds is 3. The first-order chi connectivity index (χ1) is 7.92. The van der Waals surface area contributed by atoms with Gasteiger partial charge in [0.2, 0.25) is 5.88 Å². The van der Waals surface area contributed by atoms with Crippen LogP contribution in [-0.2, 0) is 4.74 Å². The first-order valence-corrected chi connectivity index (χ1v) is 5.22. The monoisotopic (exact) mass is 213 g/mol. The van der Waals surface area contributed by atoms with Crippen LogP contribution < -0.4 is 4.74 Å². The predicted molar refractivity (Wildman–Crippen MR) is 59.4 cm³/mol. The summed E-state index contributed by atoms with van der Waals surface area (Å²) in [5.41, 5.74) is 1.13. The predicted octanol–water partition coefficient (Wildman–Crippen LogP) is 2.95. The summed E-state index contributed by atoms with van der Waals surface area (Å²) in [6, 6.07) is 13.5. The highest BCUT2D eigenvalue weighted by Crippen LogP contribution is 2.31. The molecule has 0 aliphatic carbocycles. The first-order valence-electron chi connectivity index (χ1n) is 5.22. The Hall–Kier alpha value is -1.87. The first kappa shape index (κ1) is 9.36. The van der Waals surface area contributed by atoms with Gasteiger partial charge >= 0.3 is 0 Å². The van der Waals surface area contributed by atoms with Crippen molar-refractivity contribution in [2.45, 2.75) is 6.10 Å². The molecule has 1 aliphatic heterocycles. The van der Waals surface area contributed by atoms with E-state index in [0.29, 0.717) is 5.88 Å². The summed E-state index contributed by atoms with van der Waals surface area (Å²) >= 11 is 0. The molecule has 1 atom stereocenters. The summed E-state index contributed by atoms with van der Waals surface area (Å²) in [6.45, 7) is 0.800. The van der Waals surface area contributed by atoms with E-state index in [1.807, 2.05) is 42.5 Å². The third-order valence-electron chi connectivity index (χ3n) is 2.43. The van der Waals surface area contributed by atoms with Crippen LogP contribution in [0.1, 0.15) is 11.7 Å². The molecule has 0 spiro atoms. The number of hydrogen-bond acceptors (Lipinski definition) is 3. The van der Waals surface area contributed by atoms with Gasteiger partial charge in [0.25, 0.3) is 0 Å². The van der Waals surface area contributed by atoms with Crippen molar-refractivity contribution >= 4 is 0 Å². The van der Waals surface area contributed by atoms with Gasteiger partial charge in [0, 0.05) is 12.3 Å². The van der Waals surface area contributed by atoms with Crippen LogP contribution >= 0.6 is 0 Å². The minimum Gasteiger partial charge on any atom is -0.439 e. The molecule has 3 heteroatoms. The van der Waals surface area contributed by atoms with Crippen LogP contribution in [-0.4, -0.2) is 11.6 Å². The van der Waals surface area contributed by atoms with Crippen LogP contribution in [0.2, 0.25) is 0 Å². The third kappa shape index (κ3) is 2.04. The largest absolute Gasteiger partial charge is 0.439 e. The summed E-state index contributed by atoms with van der Waals surface area (Å²) in [4.78, 5) is 4.17. The van der Waals surface area contributed by atoms with Gasteiger partial charge in [0.15, 0.2) is 0 Å². The summed E-state index contributed by atoms with van der Waals surface area (Å²) in [5.74, 6) is 1.41. The van der Waals surface area contributed by atoms with Gasteiger partial charge < -0.3 is 9.47 Å². The van der Waals surface area contributed by atoms with Crippen LogP contribution in [0.25, 0.3) is 0 Å². The Kier molecular flexibility index (Phi) is 2.31. The lowest BCUT2D eigenvalue weighted by Gasteiger charge is -2.04. The van der Waals surface area contributed by atoms with Crippen LogP contribution in [0, 0.1) is 0 Å². The molecule has 1 fully saturated rings. The Bertz CT molecular complexity index is 480. The quantitative estimate of drug-likeness (QED) is 0.735. The Morgan fingerprint density at radius 3 is 2.75 bits per heavy atom. The fraction of sp³-hybridized carbons (Fsp3) is 0.154. The molecule has 1 saturated heterocycles. The summed E-state index contributed by atoms with van der Waals surface area (Å²) in [6.07, 6.45) is 1.98. The molecule has 1 aliphatic rings. The zero-order chi connectivity index (χ0) is 10.8. The molecular formula is C13H11NO2. The average molecular weight is 213 g/mol. The molecule has 0 saturated carbocycles. The van der Waals surface area contributed by atoms with E-state index in [2.05, 4.69) is 4.98 Å². The molecule has 3 nitrogen and oxygen atoms in total. The number of hydrogen-bond donors (Lipinski definition) is 0. The second kappa shape index (κ2) is 3.94. The molecule has 0 amide bonds. The maximum Gasteiger partial charge on any atom is 0.219 e. The van der Waals surface area contributed by atoms with Crippen LogP contribution in [0.15, 0.2) is 48.7 Å². The number of benzene rings is 1. The van der Waals surface area contributed by atoms with Gasteiger partial charge in [-0.05, 0) is 23.8 Å². The molecule has 0 radical (unpaired) electrons. The average Bonchev–Trinajstić information content (AvgIpc) is 3.15. The van der Waals surface area contributed by atoms with Crippen LogP contribution in [0.3, 0.4) is 0 Å². The van der Waals surface area contributed by atoms with Crippen molar-refractivity contribution < 1.29 is 9.47 Å². The molecule has 80 valence electrons. The fourth-order valence-electron chi connectivity index (χ4n) is 1.53. The van der Waals surface area contributed by atoms with Crippen molar-refractivity contribution in [1.82, 2.24) is 4.98 Å². The van der Waals surface area contributed by atoms with E-state index in [-0.39, 0.29) is 6.10 Å². The topological polar surface area (TPSA) is 34.6 Å². The van der Waals surface area contributed by atoms with Gasteiger partial charge in [0.05, 0.1) is 6.61 Å². The lowest BCUT2D eigenvalue weighted by Crippen LogP contribution is -1.89. The van der Waals surface area contributed by atoms with Gasteiger partial charge in [-0.25, -0.2) is 4.98 Å². The third-order valence-corrected chi connectivity index (χ3v) is 2.43.